The number of sulfonamides is 1. The van der Waals surface area contributed by atoms with Crippen molar-refractivity contribution < 1.29 is 27.5 Å². The molecule has 3 rings (SSSR count). The number of hydrogen-bond acceptors (Lipinski definition) is 7. The minimum Gasteiger partial charge on any atom is -0.492 e. The van der Waals surface area contributed by atoms with Gasteiger partial charge < -0.3 is 14.8 Å². The Morgan fingerprint density at radius 1 is 1.19 bits per heavy atom. The average Bonchev–Trinajstić information content (AvgIpc) is 3.20. The van der Waals surface area contributed by atoms with Crippen molar-refractivity contribution in [1.82, 2.24) is 14.1 Å². The van der Waals surface area contributed by atoms with Gasteiger partial charge in [0.1, 0.15) is 10.6 Å². The van der Waals surface area contributed by atoms with Crippen molar-refractivity contribution in [2.45, 2.75) is 31.1 Å². The minimum atomic E-state index is -3.77. The summed E-state index contributed by atoms with van der Waals surface area (Å²) in [6.07, 6.45) is 5.43. The van der Waals surface area contributed by atoms with Crippen molar-refractivity contribution in [1.29, 1.82) is 0 Å². The summed E-state index contributed by atoms with van der Waals surface area (Å²) >= 11 is 0. The summed E-state index contributed by atoms with van der Waals surface area (Å²) in [6, 6.07) is 4.43. The molecule has 168 valence electrons. The zero-order valence-electron chi connectivity index (χ0n) is 17.5. The van der Waals surface area contributed by atoms with E-state index < -0.39 is 28.5 Å². The fourth-order valence-corrected chi connectivity index (χ4v) is 4.92. The van der Waals surface area contributed by atoms with Crippen molar-refractivity contribution in [3.63, 3.8) is 0 Å². The normalized spacial score (nSPS) is 14.8. The lowest BCUT2D eigenvalue weighted by Gasteiger charge is -2.27. The van der Waals surface area contributed by atoms with Gasteiger partial charge in [0.2, 0.25) is 10.0 Å². The second kappa shape index (κ2) is 9.92. The fourth-order valence-electron chi connectivity index (χ4n) is 3.24. The number of anilines is 1. The van der Waals surface area contributed by atoms with Gasteiger partial charge in [-0.15, -0.1) is 0 Å². The molecule has 0 unspecified atom stereocenters. The van der Waals surface area contributed by atoms with Crippen LogP contribution in [0.25, 0.3) is 0 Å². The maximum atomic E-state index is 13.2. The third-order valence-electron chi connectivity index (χ3n) is 4.74. The summed E-state index contributed by atoms with van der Waals surface area (Å²) in [5.41, 5.74) is 0.493. The van der Waals surface area contributed by atoms with Crippen LogP contribution in [0.1, 0.15) is 36.5 Å². The maximum Gasteiger partial charge on any atom is 0.341 e. The number of benzene rings is 1. The first-order chi connectivity index (χ1) is 14.8. The molecule has 2 aromatic rings. The molecule has 2 heterocycles. The van der Waals surface area contributed by atoms with Crippen molar-refractivity contribution >= 4 is 27.6 Å². The third kappa shape index (κ3) is 5.61. The first-order valence-electron chi connectivity index (χ1n) is 10.0. The van der Waals surface area contributed by atoms with Gasteiger partial charge in [-0.05, 0) is 38.0 Å². The molecule has 0 bridgehead atoms. The fraction of sp³-hybridized carbons (Fsp3) is 0.450. The van der Waals surface area contributed by atoms with Crippen LogP contribution in [0.2, 0.25) is 0 Å². The number of esters is 1. The predicted molar refractivity (Wildman–Crippen MR) is 112 cm³/mol. The van der Waals surface area contributed by atoms with E-state index in [1.54, 1.807) is 20.0 Å². The zero-order valence-corrected chi connectivity index (χ0v) is 18.4. The number of carbonyl (C=O) groups is 2. The van der Waals surface area contributed by atoms with Crippen LogP contribution in [0.15, 0.2) is 35.5 Å². The lowest BCUT2D eigenvalue weighted by molar-refractivity contribution is -0.119. The van der Waals surface area contributed by atoms with E-state index in [0.29, 0.717) is 19.7 Å². The van der Waals surface area contributed by atoms with Gasteiger partial charge in [-0.2, -0.15) is 9.40 Å². The molecular formula is C20H26N4O6S. The van der Waals surface area contributed by atoms with Gasteiger partial charge in [-0.3, -0.25) is 9.48 Å². The number of aromatic nitrogens is 2. The quantitative estimate of drug-likeness (QED) is 0.609. The van der Waals surface area contributed by atoms with E-state index in [1.807, 2.05) is 0 Å². The predicted octanol–water partition coefficient (Wildman–Crippen LogP) is 1.79. The summed E-state index contributed by atoms with van der Waals surface area (Å²) < 4.78 is 39.7. The van der Waals surface area contributed by atoms with E-state index in [4.69, 9.17) is 9.47 Å². The number of carbonyl (C=O) groups excluding carboxylic acids is 2. The number of aryl methyl sites for hydroxylation is 1. The molecule has 1 aliphatic heterocycles. The Hall–Kier alpha value is -2.92. The summed E-state index contributed by atoms with van der Waals surface area (Å²) in [6.45, 7) is 2.46. The lowest BCUT2D eigenvalue weighted by Crippen LogP contribution is -2.35. The molecule has 10 nitrogen and oxygen atoms in total. The molecule has 1 fully saturated rings. The molecule has 31 heavy (non-hydrogen) atoms. The molecule has 1 amide bonds. The van der Waals surface area contributed by atoms with Crippen molar-refractivity contribution in [2.75, 3.05) is 31.6 Å². The highest BCUT2D eigenvalue weighted by atomic mass is 32.2. The number of piperidine rings is 1. The highest BCUT2D eigenvalue weighted by Gasteiger charge is 2.29. The van der Waals surface area contributed by atoms with Crippen LogP contribution < -0.4 is 10.1 Å². The Kier molecular flexibility index (Phi) is 7.29. The molecule has 0 radical (unpaired) electrons. The summed E-state index contributed by atoms with van der Waals surface area (Å²) in [5.74, 6) is -1.04. The number of amides is 1. The van der Waals surface area contributed by atoms with Crippen LogP contribution in [-0.2, 0) is 26.6 Å². The molecule has 0 aliphatic carbocycles. The highest BCUT2D eigenvalue weighted by molar-refractivity contribution is 7.89. The van der Waals surface area contributed by atoms with Crippen LogP contribution >= 0.6 is 0 Å². The molecule has 0 saturated carbocycles. The summed E-state index contributed by atoms with van der Waals surface area (Å²) in [5, 5.41) is 6.43. The van der Waals surface area contributed by atoms with E-state index in [-0.39, 0.29) is 21.9 Å². The van der Waals surface area contributed by atoms with E-state index in [0.717, 1.165) is 19.3 Å². The Morgan fingerprint density at radius 2 is 1.94 bits per heavy atom. The van der Waals surface area contributed by atoms with Gasteiger partial charge in [-0.25, -0.2) is 13.2 Å². The van der Waals surface area contributed by atoms with Crippen LogP contribution in [-0.4, -0.2) is 60.7 Å². The number of hydrogen-bond donors (Lipinski definition) is 1. The smallest absolute Gasteiger partial charge is 0.341 e. The molecule has 0 atom stereocenters. The van der Waals surface area contributed by atoms with Gasteiger partial charge in [0, 0.05) is 32.0 Å². The first-order valence-corrected chi connectivity index (χ1v) is 11.5. The minimum absolute atomic E-state index is 0.00130. The number of ether oxygens (including phenoxy) is 2. The van der Waals surface area contributed by atoms with Gasteiger partial charge in [0.25, 0.3) is 5.91 Å². The van der Waals surface area contributed by atoms with Crippen LogP contribution in [0.3, 0.4) is 0 Å². The molecular weight excluding hydrogens is 424 g/mol. The van der Waals surface area contributed by atoms with Crippen molar-refractivity contribution in [2.24, 2.45) is 7.05 Å². The Bertz CT molecular complexity index is 1040. The number of nitrogens with one attached hydrogen (secondary N) is 1. The number of nitrogens with zero attached hydrogens (tertiary/aromatic N) is 3. The maximum absolute atomic E-state index is 13.2. The summed E-state index contributed by atoms with van der Waals surface area (Å²) in [4.78, 5) is 24.2. The molecule has 1 saturated heterocycles. The Morgan fingerprint density at radius 3 is 2.58 bits per heavy atom. The van der Waals surface area contributed by atoms with Crippen LogP contribution in [0.4, 0.5) is 5.69 Å². The molecule has 0 spiro atoms. The number of rotatable bonds is 8. The van der Waals surface area contributed by atoms with Gasteiger partial charge in [-0.1, -0.05) is 6.42 Å². The van der Waals surface area contributed by atoms with Crippen LogP contribution in [0, 0.1) is 0 Å². The SMILES string of the molecule is CCOc1ccc(NC(=O)COC(=O)c2cnn(C)c2)cc1S(=O)(=O)N1CCCCC1. The second-order valence-electron chi connectivity index (χ2n) is 7.09. The topological polar surface area (TPSA) is 120 Å². The van der Waals surface area contributed by atoms with Gasteiger partial charge in [0.15, 0.2) is 6.61 Å². The lowest BCUT2D eigenvalue weighted by atomic mass is 10.2. The molecule has 1 aromatic carbocycles. The largest absolute Gasteiger partial charge is 0.492 e. The molecule has 1 aromatic heterocycles. The standard InChI is InChI=1S/C20H26N4O6S/c1-3-29-17-8-7-16(11-18(17)31(27,28)24-9-5-4-6-10-24)22-19(25)14-30-20(26)15-12-21-23(2)13-15/h7-8,11-13H,3-6,9-10,14H2,1-2H3,(H,22,25). The van der Waals surface area contributed by atoms with Gasteiger partial charge in [0.05, 0.1) is 18.4 Å². The van der Waals surface area contributed by atoms with E-state index in [9.17, 15) is 18.0 Å². The van der Waals surface area contributed by atoms with Crippen molar-refractivity contribution in [3.8, 4) is 5.75 Å². The average molecular weight is 451 g/mol. The molecule has 11 heteroatoms. The highest BCUT2D eigenvalue weighted by Crippen LogP contribution is 2.31. The molecule has 1 aliphatic rings. The van der Waals surface area contributed by atoms with E-state index >= 15 is 0 Å². The second-order valence-corrected chi connectivity index (χ2v) is 8.99. The third-order valence-corrected chi connectivity index (χ3v) is 6.65. The van der Waals surface area contributed by atoms with Crippen LogP contribution in [0.5, 0.6) is 5.75 Å². The summed E-state index contributed by atoms with van der Waals surface area (Å²) in [7, 11) is -2.11. The van der Waals surface area contributed by atoms with Crippen molar-refractivity contribution in [3.05, 3.63) is 36.2 Å². The van der Waals surface area contributed by atoms with E-state index in [1.165, 1.54) is 33.5 Å². The van der Waals surface area contributed by atoms with E-state index in [2.05, 4.69) is 10.4 Å². The zero-order chi connectivity index (χ0) is 22.4. The van der Waals surface area contributed by atoms with Gasteiger partial charge >= 0.3 is 5.97 Å². The Labute approximate surface area is 181 Å². The Balaban J connectivity index is 1.72. The molecule has 1 N–H and O–H groups in total. The monoisotopic (exact) mass is 450 g/mol. The first kappa shape index (κ1) is 22.8.